The molecule has 4 aliphatic rings. The van der Waals surface area contributed by atoms with Crippen molar-refractivity contribution in [1.29, 1.82) is 0 Å². The minimum atomic E-state index is -1.34. The summed E-state index contributed by atoms with van der Waals surface area (Å²) in [4.78, 5) is 30.5. The fourth-order valence-corrected chi connectivity index (χ4v) is 9.88. The Morgan fingerprint density at radius 2 is 1.82 bits per heavy atom. The first-order valence-electron chi connectivity index (χ1n) is 20.7. The molecular formula is C47H63NO8. The number of aliphatic hydroxyl groups excluding tert-OH is 1. The van der Waals surface area contributed by atoms with Gasteiger partial charge in [-0.05, 0) is 130 Å². The molecule has 56 heavy (non-hydrogen) atoms. The Morgan fingerprint density at radius 3 is 2.54 bits per heavy atom. The van der Waals surface area contributed by atoms with Crippen molar-refractivity contribution in [2.45, 2.75) is 129 Å². The number of fused-ring (bicyclic) bond motifs is 8. The van der Waals surface area contributed by atoms with Crippen molar-refractivity contribution in [2.75, 3.05) is 20.8 Å². The molecule has 2 aromatic carbocycles. The SMILES string of the molecule is COc1ccc(CN(C[C@]2(O)CC[C@H]3c4ccc(cc4C(=O)c4ccco4)C[C@@H](O)CCC(C)=CCC[C@@]32C)C(=O)O[C@H]2C[C@@H](C)CC[C@@H]2C(C)C)c(OC)c1. The van der Waals surface area contributed by atoms with Gasteiger partial charge >= 0.3 is 6.09 Å². The summed E-state index contributed by atoms with van der Waals surface area (Å²) >= 11 is 0. The number of nitrogens with zero attached hydrogens (tertiary/aromatic N) is 1. The molecule has 0 saturated heterocycles. The lowest BCUT2D eigenvalue weighted by Crippen LogP contribution is -2.54. The van der Waals surface area contributed by atoms with Crippen LogP contribution in [0.25, 0.3) is 0 Å². The van der Waals surface area contributed by atoms with Crippen LogP contribution in [0.3, 0.4) is 0 Å². The summed E-state index contributed by atoms with van der Waals surface area (Å²) in [5, 5.41) is 24.2. The van der Waals surface area contributed by atoms with Crippen LogP contribution in [0.1, 0.15) is 131 Å². The van der Waals surface area contributed by atoms with Gasteiger partial charge in [-0.15, -0.1) is 0 Å². The molecule has 1 amide bonds. The Hall–Kier alpha value is -4.08. The first kappa shape index (κ1) is 41.6. The van der Waals surface area contributed by atoms with E-state index in [1.165, 1.54) is 11.8 Å². The fourth-order valence-electron chi connectivity index (χ4n) is 9.88. The summed E-state index contributed by atoms with van der Waals surface area (Å²) in [5.74, 6) is 2.11. The molecule has 2 N–H and O–H groups in total. The Bertz CT molecular complexity index is 1850. The molecule has 9 nitrogen and oxygen atoms in total. The third-order valence-corrected chi connectivity index (χ3v) is 13.4. The number of rotatable bonds is 10. The van der Waals surface area contributed by atoms with Gasteiger partial charge in [-0.3, -0.25) is 4.79 Å². The fraction of sp³-hybridized carbons (Fsp3) is 0.574. The summed E-state index contributed by atoms with van der Waals surface area (Å²) in [6.45, 7) is 11.1. The summed E-state index contributed by atoms with van der Waals surface area (Å²) < 4.78 is 23.4. The average molecular weight is 770 g/mol. The van der Waals surface area contributed by atoms with Gasteiger partial charge in [0.25, 0.3) is 0 Å². The Balaban J connectivity index is 1.42. The summed E-state index contributed by atoms with van der Waals surface area (Å²) in [7, 11) is 3.21. The highest BCUT2D eigenvalue weighted by Gasteiger charge is 2.58. The first-order valence-corrected chi connectivity index (χ1v) is 20.7. The van der Waals surface area contributed by atoms with Crippen LogP contribution in [-0.2, 0) is 17.7 Å². The zero-order chi connectivity index (χ0) is 40.2. The average Bonchev–Trinajstić information content (AvgIpc) is 3.80. The van der Waals surface area contributed by atoms with Crippen molar-refractivity contribution in [3.63, 3.8) is 0 Å². The molecule has 1 aromatic heterocycles. The van der Waals surface area contributed by atoms with E-state index >= 15 is 0 Å². The van der Waals surface area contributed by atoms with Gasteiger partial charge in [0.2, 0.25) is 5.78 Å². The van der Waals surface area contributed by atoms with Gasteiger partial charge in [-0.1, -0.05) is 57.9 Å². The largest absolute Gasteiger partial charge is 0.497 e. The second-order valence-electron chi connectivity index (χ2n) is 17.5. The molecule has 304 valence electrons. The molecule has 0 aliphatic heterocycles. The number of hydrogen-bond acceptors (Lipinski definition) is 8. The summed E-state index contributed by atoms with van der Waals surface area (Å²) in [5.41, 5.74) is 2.14. The van der Waals surface area contributed by atoms with Crippen LogP contribution in [0, 0.1) is 23.2 Å². The van der Waals surface area contributed by atoms with Gasteiger partial charge in [0.1, 0.15) is 17.6 Å². The highest BCUT2D eigenvalue weighted by Crippen LogP contribution is 2.59. The van der Waals surface area contributed by atoms with Crippen LogP contribution in [0.15, 0.2) is 70.9 Å². The quantitative estimate of drug-likeness (QED) is 0.155. The van der Waals surface area contributed by atoms with Gasteiger partial charge in [-0.2, -0.15) is 0 Å². The van der Waals surface area contributed by atoms with E-state index in [9.17, 15) is 19.8 Å². The van der Waals surface area contributed by atoms with E-state index < -0.39 is 23.2 Å². The molecule has 2 bridgehead atoms. The van der Waals surface area contributed by atoms with Gasteiger partial charge in [0.15, 0.2) is 5.76 Å². The minimum absolute atomic E-state index is 0.0388. The van der Waals surface area contributed by atoms with E-state index in [4.69, 9.17) is 18.6 Å². The number of carbonyl (C=O) groups is 2. The van der Waals surface area contributed by atoms with E-state index in [0.29, 0.717) is 67.4 Å². The molecular weight excluding hydrogens is 707 g/mol. The first-order chi connectivity index (χ1) is 26.7. The van der Waals surface area contributed by atoms with E-state index in [1.807, 2.05) is 36.4 Å². The van der Waals surface area contributed by atoms with Gasteiger partial charge in [0, 0.05) is 22.6 Å². The molecule has 2 saturated carbocycles. The maximum absolute atomic E-state index is 14.7. The monoisotopic (exact) mass is 769 g/mol. The van der Waals surface area contributed by atoms with Crippen LogP contribution >= 0.6 is 0 Å². The second kappa shape index (κ2) is 17.6. The maximum Gasteiger partial charge on any atom is 0.410 e. The minimum Gasteiger partial charge on any atom is -0.497 e. The molecule has 7 rings (SSSR count). The van der Waals surface area contributed by atoms with Crippen molar-refractivity contribution < 1.29 is 38.4 Å². The van der Waals surface area contributed by atoms with E-state index in [2.05, 4.69) is 40.7 Å². The highest BCUT2D eigenvalue weighted by molar-refractivity contribution is 6.08. The number of benzene rings is 2. The van der Waals surface area contributed by atoms with Crippen LogP contribution in [0.2, 0.25) is 0 Å². The molecule has 2 fully saturated rings. The molecule has 0 unspecified atom stereocenters. The number of aliphatic hydroxyl groups is 2. The van der Waals surface area contributed by atoms with Gasteiger partial charge < -0.3 is 33.7 Å². The van der Waals surface area contributed by atoms with Crippen molar-refractivity contribution in [3.05, 3.63) is 94.5 Å². The number of amides is 1. The van der Waals surface area contributed by atoms with E-state index in [1.54, 1.807) is 31.3 Å². The lowest BCUT2D eigenvalue weighted by molar-refractivity contribution is -0.0877. The number of ether oxygens (including phenoxy) is 3. The number of hydrogen-bond donors (Lipinski definition) is 2. The molecule has 3 aromatic rings. The maximum atomic E-state index is 14.7. The molecule has 0 spiro atoms. The van der Waals surface area contributed by atoms with Crippen LogP contribution in [0.4, 0.5) is 4.79 Å². The molecule has 9 heteroatoms. The number of allylic oxidation sites excluding steroid dienone is 2. The normalized spacial score (nSPS) is 28.2. The lowest BCUT2D eigenvalue weighted by Gasteiger charge is -2.46. The molecule has 7 atom stereocenters. The van der Waals surface area contributed by atoms with Crippen LogP contribution < -0.4 is 9.47 Å². The third-order valence-electron chi connectivity index (χ3n) is 13.4. The van der Waals surface area contributed by atoms with Crippen molar-refractivity contribution in [2.24, 2.45) is 23.2 Å². The number of methoxy groups -OCH3 is 2. The number of furan rings is 1. The zero-order valence-corrected chi connectivity index (χ0v) is 34.5. The Kier molecular flexibility index (Phi) is 13.1. The van der Waals surface area contributed by atoms with E-state index in [-0.39, 0.29) is 42.6 Å². The van der Waals surface area contributed by atoms with Crippen molar-refractivity contribution >= 4 is 11.9 Å². The standard InChI is InChI=1S/C47H63NO8/c1-30(2)37-18-13-32(4)24-43(37)56-45(51)48(28-34-15-17-36(53-6)27-42(34)54-7)29-47(52)22-20-40-38-19-14-33(26-39(38)44(50)41-11-9-23-55-41)25-35(49)16-12-31(3)10-8-21-46(40,47)5/h9-11,14-15,17,19,23,26-27,30,32,35,37,40,43,49,52H,8,12-13,16,18,20-22,24-25,28-29H2,1-7H3/t32-,35-,37+,40-,43-,46-,47+/m0/s1. The zero-order valence-electron chi connectivity index (χ0n) is 34.5. The number of carbonyl (C=O) groups excluding carboxylic acids is 2. The predicted octanol–water partition coefficient (Wildman–Crippen LogP) is 9.67. The predicted molar refractivity (Wildman–Crippen MR) is 217 cm³/mol. The third kappa shape index (κ3) is 8.89. The Morgan fingerprint density at radius 1 is 1.02 bits per heavy atom. The van der Waals surface area contributed by atoms with Crippen LogP contribution in [0.5, 0.6) is 11.5 Å². The summed E-state index contributed by atoms with van der Waals surface area (Å²) in [6.07, 6.45) is 9.60. The summed E-state index contributed by atoms with van der Waals surface area (Å²) in [6, 6.07) is 14.9. The highest BCUT2D eigenvalue weighted by atomic mass is 16.6. The molecule has 4 aliphatic carbocycles. The Labute approximate surface area is 333 Å². The van der Waals surface area contributed by atoms with Crippen molar-refractivity contribution in [1.82, 2.24) is 4.90 Å². The molecule has 1 heterocycles. The molecule has 0 radical (unpaired) electrons. The van der Waals surface area contributed by atoms with E-state index in [0.717, 1.165) is 42.4 Å². The topological polar surface area (TPSA) is 119 Å². The van der Waals surface area contributed by atoms with Gasteiger partial charge in [0.05, 0.1) is 45.3 Å². The van der Waals surface area contributed by atoms with Gasteiger partial charge in [-0.25, -0.2) is 4.79 Å². The van der Waals surface area contributed by atoms with Crippen LogP contribution in [-0.4, -0.2) is 65.6 Å². The lowest BCUT2D eigenvalue weighted by atomic mass is 9.64. The van der Waals surface area contributed by atoms with Crippen molar-refractivity contribution in [3.8, 4) is 11.5 Å². The second-order valence-corrected chi connectivity index (χ2v) is 17.5. The smallest absolute Gasteiger partial charge is 0.410 e. The number of ketones is 1.